The molecule has 0 saturated carbocycles. The Kier molecular flexibility index (Phi) is 4.62. The zero-order chi connectivity index (χ0) is 15.6. The number of fused-ring (bicyclic) bond motifs is 1. The molecule has 0 amide bonds. The second-order valence-corrected chi connectivity index (χ2v) is 5.37. The molecule has 0 aliphatic rings. The van der Waals surface area contributed by atoms with Crippen LogP contribution in [-0.4, -0.2) is 31.9 Å². The number of rotatable bonds is 6. The van der Waals surface area contributed by atoms with Gasteiger partial charge in [0.2, 0.25) is 0 Å². The van der Waals surface area contributed by atoms with Gasteiger partial charge in [-0.15, -0.1) is 0 Å². The molecular weight excluding hydrogens is 272 g/mol. The predicted octanol–water partition coefficient (Wildman–Crippen LogP) is 0.639. The third-order valence-corrected chi connectivity index (χ3v) is 3.85. The van der Waals surface area contributed by atoms with Crippen molar-refractivity contribution in [2.75, 3.05) is 7.11 Å². The van der Waals surface area contributed by atoms with Crippen LogP contribution < -0.4 is 11.2 Å². The Hall–Kier alpha value is -1.89. The molecule has 116 valence electrons. The Balaban J connectivity index is 2.26. The molecule has 2 heterocycles. The third kappa shape index (κ3) is 2.92. The van der Waals surface area contributed by atoms with Crippen molar-refractivity contribution in [3.63, 3.8) is 0 Å². The first-order chi connectivity index (χ1) is 9.97. The molecule has 0 radical (unpaired) electrons. The number of ether oxygens (including phenoxy) is 1. The Morgan fingerprint density at radius 1 is 1.29 bits per heavy atom. The van der Waals surface area contributed by atoms with Crippen LogP contribution in [0.4, 0.5) is 0 Å². The van der Waals surface area contributed by atoms with E-state index in [1.54, 1.807) is 32.1 Å². The first-order valence-corrected chi connectivity index (χ1v) is 7.11. The largest absolute Gasteiger partial charge is 0.382 e. The smallest absolute Gasteiger partial charge is 0.332 e. The summed E-state index contributed by atoms with van der Waals surface area (Å²) in [7, 11) is 5.08. The van der Waals surface area contributed by atoms with E-state index in [0.717, 1.165) is 19.3 Å². The van der Waals surface area contributed by atoms with Gasteiger partial charge >= 0.3 is 5.69 Å². The van der Waals surface area contributed by atoms with E-state index in [-0.39, 0.29) is 17.4 Å². The van der Waals surface area contributed by atoms with Gasteiger partial charge in [-0.2, -0.15) is 0 Å². The van der Waals surface area contributed by atoms with Gasteiger partial charge < -0.3 is 9.30 Å². The van der Waals surface area contributed by atoms with Crippen LogP contribution in [-0.2, 0) is 25.4 Å². The van der Waals surface area contributed by atoms with Crippen molar-refractivity contribution < 1.29 is 4.74 Å². The van der Waals surface area contributed by atoms with Crippen LogP contribution in [0.5, 0.6) is 0 Å². The summed E-state index contributed by atoms with van der Waals surface area (Å²) in [5, 5.41) is 0. The van der Waals surface area contributed by atoms with Crippen LogP contribution in [0.25, 0.3) is 11.2 Å². The third-order valence-electron chi connectivity index (χ3n) is 3.85. The standard InChI is InChI=1S/C14H22N4O3/c1-10(21-4)7-5-6-8-18-13(19)11-12(15-9-16(11)2)17(3)14(18)20/h9-10H,5-8H2,1-4H3/t10-/m0/s1. The minimum absolute atomic E-state index is 0.198. The summed E-state index contributed by atoms with van der Waals surface area (Å²) < 4.78 is 9.56. The van der Waals surface area contributed by atoms with E-state index in [9.17, 15) is 9.59 Å². The summed E-state index contributed by atoms with van der Waals surface area (Å²) in [5.41, 5.74) is 0.304. The first-order valence-electron chi connectivity index (χ1n) is 7.11. The second-order valence-electron chi connectivity index (χ2n) is 5.37. The van der Waals surface area contributed by atoms with Crippen molar-refractivity contribution in [1.29, 1.82) is 0 Å². The van der Waals surface area contributed by atoms with E-state index >= 15 is 0 Å². The zero-order valence-corrected chi connectivity index (χ0v) is 13.0. The normalized spacial score (nSPS) is 13.0. The Morgan fingerprint density at radius 2 is 2.00 bits per heavy atom. The molecule has 0 bridgehead atoms. The average molecular weight is 294 g/mol. The van der Waals surface area contributed by atoms with Gasteiger partial charge in [0.25, 0.3) is 5.56 Å². The molecule has 0 spiro atoms. The number of aryl methyl sites for hydroxylation is 2. The molecular formula is C14H22N4O3. The Bertz CT molecular complexity index is 741. The summed E-state index contributed by atoms with van der Waals surface area (Å²) in [6.45, 7) is 2.43. The summed E-state index contributed by atoms with van der Waals surface area (Å²) in [5.74, 6) is 0. The highest BCUT2D eigenvalue weighted by atomic mass is 16.5. The highest BCUT2D eigenvalue weighted by molar-refractivity contribution is 5.69. The lowest BCUT2D eigenvalue weighted by Crippen LogP contribution is -2.39. The molecule has 1 atom stereocenters. The number of methoxy groups -OCH3 is 1. The Morgan fingerprint density at radius 3 is 2.67 bits per heavy atom. The fourth-order valence-corrected chi connectivity index (χ4v) is 2.41. The van der Waals surface area contributed by atoms with Crippen molar-refractivity contribution in [3.8, 4) is 0 Å². The summed E-state index contributed by atoms with van der Waals surface area (Å²) in [6.07, 6.45) is 4.35. The fraction of sp³-hybridized carbons (Fsp3) is 0.643. The summed E-state index contributed by atoms with van der Waals surface area (Å²) in [4.78, 5) is 28.8. The molecule has 0 fully saturated rings. The summed E-state index contributed by atoms with van der Waals surface area (Å²) >= 11 is 0. The molecule has 2 aromatic rings. The number of hydrogen-bond acceptors (Lipinski definition) is 4. The van der Waals surface area contributed by atoms with E-state index in [1.807, 2.05) is 6.92 Å². The van der Waals surface area contributed by atoms with Gasteiger partial charge in [0.15, 0.2) is 11.2 Å². The maximum Gasteiger partial charge on any atom is 0.332 e. The van der Waals surface area contributed by atoms with Crippen LogP contribution in [0.1, 0.15) is 26.2 Å². The van der Waals surface area contributed by atoms with Crippen molar-refractivity contribution in [2.45, 2.75) is 38.8 Å². The molecule has 7 nitrogen and oxygen atoms in total. The van der Waals surface area contributed by atoms with Crippen molar-refractivity contribution in [3.05, 3.63) is 27.2 Å². The number of unbranched alkanes of at least 4 members (excludes halogenated alkanes) is 1. The molecule has 0 N–H and O–H groups in total. The lowest BCUT2D eigenvalue weighted by atomic mass is 10.2. The predicted molar refractivity (Wildman–Crippen MR) is 80.5 cm³/mol. The molecule has 0 saturated heterocycles. The van der Waals surface area contributed by atoms with E-state index in [0.29, 0.717) is 17.7 Å². The van der Waals surface area contributed by atoms with E-state index < -0.39 is 0 Å². The number of hydrogen-bond donors (Lipinski definition) is 0. The highest BCUT2D eigenvalue weighted by Gasteiger charge is 2.14. The molecule has 0 aliphatic carbocycles. The van der Waals surface area contributed by atoms with Gasteiger partial charge in [-0.05, 0) is 26.2 Å². The Labute approximate surface area is 122 Å². The molecule has 0 aliphatic heterocycles. The van der Waals surface area contributed by atoms with E-state index in [4.69, 9.17) is 4.74 Å². The van der Waals surface area contributed by atoms with Crippen LogP contribution in [0.15, 0.2) is 15.9 Å². The van der Waals surface area contributed by atoms with Crippen LogP contribution in [0.3, 0.4) is 0 Å². The van der Waals surface area contributed by atoms with Crippen LogP contribution >= 0.6 is 0 Å². The van der Waals surface area contributed by atoms with Gasteiger partial charge in [0.1, 0.15) is 0 Å². The number of imidazole rings is 1. The van der Waals surface area contributed by atoms with E-state index in [2.05, 4.69) is 4.98 Å². The van der Waals surface area contributed by atoms with E-state index in [1.165, 1.54) is 9.13 Å². The fourth-order valence-electron chi connectivity index (χ4n) is 2.41. The molecule has 2 aromatic heterocycles. The maximum atomic E-state index is 12.4. The number of nitrogens with zero attached hydrogens (tertiary/aromatic N) is 4. The zero-order valence-electron chi connectivity index (χ0n) is 13.0. The van der Waals surface area contributed by atoms with Crippen molar-refractivity contribution in [1.82, 2.24) is 18.7 Å². The van der Waals surface area contributed by atoms with Crippen molar-refractivity contribution in [2.24, 2.45) is 14.1 Å². The van der Waals surface area contributed by atoms with Gasteiger partial charge in [-0.25, -0.2) is 9.78 Å². The summed E-state index contributed by atoms with van der Waals surface area (Å²) in [6, 6.07) is 0. The van der Waals surface area contributed by atoms with Gasteiger partial charge in [0, 0.05) is 27.7 Å². The molecule has 7 heteroatoms. The SMILES string of the molecule is CO[C@@H](C)CCCCn1c(=O)c2c(ncn2C)n(C)c1=O. The second kappa shape index (κ2) is 6.26. The minimum atomic E-state index is -0.314. The van der Waals surface area contributed by atoms with Gasteiger partial charge in [-0.1, -0.05) is 0 Å². The molecule has 2 rings (SSSR count). The molecule has 21 heavy (non-hydrogen) atoms. The first kappa shape index (κ1) is 15.5. The van der Waals surface area contributed by atoms with Gasteiger partial charge in [0.05, 0.1) is 12.4 Å². The number of aromatic nitrogens is 4. The highest BCUT2D eigenvalue weighted by Crippen LogP contribution is 2.06. The molecule has 0 unspecified atom stereocenters. The van der Waals surface area contributed by atoms with Crippen molar-refractivity contribution >= 4 is 11.2 Å². The van der Waals surface area contributed by atoms with Crippen LogP contribution in [0, 0.1) is 0 Å². The lowest BCUT2D eigenvalue weighted by Gasteiger charge is -2.10. The average Bonchev–Trinajstić information content (AvgIpc) is 2.86. The molecule has 0 aromatic carbocycles. The topological polar surface area (TPSA) is 71.1 Å². The lowest BCUT2D eigenvalue weighted by molar-refractivity contribution is 0.108. The quantitative estimate of drug-likeness (QED) is 0.733. The van der Waals surface area contributed by atoms with Crippen LogP contribution in [0.2, 0.25) is 0 Å². The minimum Gasteiger partial charge on any atom is -0.382 e. The maximum absolute atomic E-state index is 12.4. The monoisotopic (exact) mass is 294 g/mol. The van der Waals surface area contributed by atoms with Gasteiger partial charge in [-0.3, -0.25) is 13.9 Å².